The average Bonchev–Trinajstić information content (AvgIpc) is 3.38. The van der Waals surface area contributed by atoms with Gasteiger partial charge in [0.1, 0.15) is 23.7 Å². The monoisotopic (exact) mass is 483 g/mol. The lowest BCUT2D eigenvalue weighted by atomic mass is 10.0. The maximum atomic E-state index is 15.2. The highest BCUT2D eigenvalue weighted by atomic mass is 32.2. The van der Waals surface area contributed by atoms with Gasteiger partial charge in [-0.1, -0.05) is 36.4 Å². The number of hydrogen-bond donors (Lipinski definition) is 0. The second-order valence-electron chi connectivity index (χ2n) is 9.32. The molecule has 1 aromatic heterocycles. The van der Waals surface area contributed by atoms with E-state index in [1.807, 2.05) is 47.9 Å². The number of sulfonamides is 1. The number of rotatable bonds is 5. The van der Waals surface area contributed by atoms with Gasteiger partial charge in [0.25, 0.3) is 0 Å². The van der Waals surface area contributed by atoms with E-state index in [9.17, 15) is 8.42 Å². The quantitative estimate of drug-likeness (QED) is 0.541. The van der Waals surface area contributed by atoms with E-state index >= 15 is 4.39 Å². The largest absolute Gasteiger partial charge is 0.371 e. The van der Waals surface area contributed by atoms with Crippen LogP contribution in [0.3, 0.4) is 0 Å². The molecule has 2 saturated heterocycles. The van der Waals surface area contributed by atoms with Crippen molar-refractivity contribution in [1.82, 2.24) is 19.1 Å². The van der Waals surface area contributed by atoms with Gasteiger partial charge in [-0.25, -0.2) is 12.8 Å². The van der Waals surface area contributed by atoms with Gasteiger partial charge in [-0.2, -0.15) is 4.31 Å². The molecule has 180 valence electrons. The van der Waals surface area contributed by atoms with Gasteiger partial charge in [0.05, 0.1) is 0 Å². The van der Waals surface area contributed by atoms with Crippen molar-refractivity contribution < 1.29 is 12.8 Å². The molecule has 7 nitrogen and oxygen atoms in total. The van der Waals surface area contributed by atoms with Gasteiger partial charge in [0.15, 0.2) is 0 Å². The first-order valence-corrected chi connectivity index (χ1v) is 13.4. The molecule has 0 unspecified atom stereocenters. The summed E-state index contributed by atoms with van der Waals surface area (Å²) in [6.07, 6.45) is 6.69. The summed E-state index contributed by atoms with van der Waals surface area (Å²) in [6, 6.07) is 14.7. The van der Waals surface area contributed by atoms with Crippen molar-refractivity contribution in [3.05, 3.63) is 78.1 Å². The smallest absolute Gasteiger partial charge is 0.221 e. The Labute approximate surface area is 200 Å². The third-order valence-electron chi connectivity index (χ3n) is 7.25. The zero-order valence-corrected chi connectivity index (χ0v) is 20.1. The number of piperidine rings is 1. The van der Waals surface area contributed by atoms with Crippen LogP contribution < -0.4 is 4.90 Å². The van der Waals surface area contributed by atoms with Crippen LogP contribution in [-0.4, -0.2) is 46.6 Å². The van der Waals surface area contributed by atoms with Crippen LogP contribution in [-0.2, 0) is 16.6 Å². The summed E-state index contributed by atoms with van der Waals surface area (Å²) >= 11 is 0. The second kappa shape index (κ2) is 9.46. The SMILES string of the molecule is C[C@H]1CC[C@H](c2ccccc2)S(=O)(=O)N1Cc1ccc(N2CCC(n3cnnc3)CC2)cc1F. The van der Waals surface area contributed by atoms with Gasteiger partial charge < -0.3 is 9.47 Å². The summed E-state index contributed by atoms with van der Waals surface area (Å²) in [4.78, 5) is 2.18. The number of nitrogens with zero attached hydrogens (tertiary/aromatic N) is 5. The average molecular weight is 484 g/mol. The molecule has 0 spiro atoms. The number of aromatic nitrogens is 3. The molecule has 0 bridgehead atoms. The number of hydrogen-bond acceptors (Lipinski definition) is 5. The van der Waals surface area contributed by atoms with E-state index in [1.54, 1.807) is 24.8 Å². The number of anilines is 1. The van der Waals surface area contributed by atoms with Crippen LogP contribution in [0.2, 0.25) is 0 Å². The van der Waals surface area contributed by atoms with E-state index < -0.39 is 15.3 Å². The summed E-state index contributed by atoms with van der Waals surface area (Å²) < 4.78 is 45.6. The van der Waals surface area contributed by atoms with E-state index in [1.165, 1.54) is 4.31 Å². The summed E-state index contributed by atoms with van der Waals surface area (Å²) in [5, 5.41) is 7.18. The van der Waals surface area contributed by atoms with Gasteiger partial charge in [0, 0.05) is 43.0 Å². The zero-order valence-electron chi connectivity index (χ0n) is 19.3. The summed E-state index contributed by atoms with van der Waals surface area (Å²) in [7, 11) is -3.60. The van der Waals surface area contributed by atoms with Crippen molar-refractivity contribution in [2.45, 2.75) is 56.5 Å². The fourth-order valence-electron chi connectivity index (χ4n) is 5.20. The van der Waals surface area contributed by atoms with Crippen molar-refractivity contribution in [2.24, 2.45) is 0 Å². The Bertz CT molecular complexity index is 1210. The Balaban J connectivity index is 1.30. The van der Waals surface area contributed by atoms with Crippen LogP contribution in [0.4, 0.5) is 10.1 Å². The molecule has 2 fully saturated rings. The number of benzene rings is 2. The Kier molecular flexibility index (Phi) is 6.40. The molecule has 0 N–H and O–H groups in total. The summed E-state index contributed by atoms with van der Waals surface area (Å²) in [5.74, 6) is -0.359. The Morgan fingerprint density at radius 2 is 1.68 bits per heavy atom. The lowest BCUT2D eigenvalue weighted by Gasteiger charge is -2.37. The predicted octanol–water partition coefficient (Wildman–Crippen LogP) is 4.31. The van der Waals surface area contributed by atoms with Gasteiger partial charge in [-0.3, -0.25) is 0 Å². The van der Waals surface area contributed by atoms with E-state index in [0.717, 1.165) is 43.6 Å². The molecule has 2 aliphatic rings. The molecule has 0 aliphatic carbocycles. The number of halogens is 1. The highest BCUT2D eigenvalue weighted by Crippen LogP contribution is 2.38. The molecule has 3 heterocycles. The van der Waals surface area contributed by atoms with E-state index in [0.29, 0.717) is 18.0 Å². The molecule has 34 heavy (non-hydrogen) atoms. The molecule has 0 saturated carbocycles. The first-order valence-electron chi connectivity index (χ1n) is 11.9. The van der Waals surface area contributed by atoms with Crippen LogP contribution in [0, 0.1) is 5.82 Å². The Morgan fingerprint density at radius 1 is 0.971 bits per heavy atom. The van der Waals surface area contributed by atoms with E-state index in [2.05, 4.69) is 15.1 Å². The van der Waals surface area contributed by atoms with Crippen molar-refractivity contribution in [3.63, 3.8) is 0 Å². The Morgan fingerprint density at radius 3 is 2.35 bits per heavy atom. The van der Waals surface area contributed by atoms with Crippen LogP contribution in [0.5, 0.6) is 0 Å². The Hall–Kier alpha value is -2.78. The lowest BCUT2D eigenvalue weighted by molar-refractivity contribution is 0.279. The van der Waals surface area contributed by atoms with Crippen LogP contribution in [0.15, 0.2) is 61.2 Å². The second-order valence-corrected chi connectivity index (χ2v) is 11.4. The van der Waals surface area contributed by atoms with Crippen LogP contribution in [0.1, 0.15) is 55.0 Å². The fraction of sp³-hybridized carbons (Fsp3) is 0.440. The molecule has 5 rings (SSSR count). The van der Waals surface area contributed by atoms with E-state index in [-0.39, 0.29) is 18.4 Å². The normalized spacial score (nSPS) is 23.8. The molecule has 0 radical (unpaired) electrons. The maximum Gasteiger partial charge on any atom is 0.221 e. The first-order chi connectivity index (χ1) is 16.4. The minimum absolute atomic E-state index is 0.0502. The summed E-state index contributed by atoms with van der Waals surface area (Å²) in [5.41, 5.74) is 2.04. The van der Waals surface area contributed by atoms with Crippen molar-refractivity contribution >= 4 is 15.7 Å². The first kappa shape index (κ1) is 23.0. The minimum Gasteiger partial charge on any atom is -0.371 e. The molecule has 3 aromatic rings. The molecule has 2 aromatic carbocycles. The van der Waals surface area contributed by atoms with Crippen molar-refractivity contribution in [3.8, 4) is 0 Å². The zero-order chi connectivity index (χ0) is 23.7. The van der Waals surface area contributed by atoms with Crippen LogP contribution >= 0.6 is 0 Å². The molecular formula is C25H30FN5O2S. The maximum absolute atomic E-state index is 15.2. The van der Waals surface area contributed by atoms with Gasteiger partial charge in [-0.05, 0) is 50.3 Å². The standard InChI is InChI=1S/C25H30FN5O2S/c1-19-7-10-25(20-5-3-2-4-6-20)34(32,33)31(19)16-21-8-9-23(15-24(21)26)29-13-11-22(12-14-29)30-17-27-28-18-30/h2-6,8-9,15,17-19,22,25H,7,10-14,16H2,1H3/t19-,25+/m0/s1. The molecule has 2 aliphatic heterocycles. The highest BCUT2D eigenvalue weighted by molar-refractivity contribution is 7.89. The van der Waals surface area contributed by atoms with Crippen LogP contribution in [0.25, 0.3) is 0 Å². The fourth-order valence-corrected chi connectivity index (χ4v) is 7.39. The third kappa shape index (κ3) is 4.46. The predicted molar refractivity (Wildman–Crippen MR) is 129 cm³/mol. The van der Waals surface area contributed by atoms with Gasteiger partial charge in [0.2, 0.25) is 10.0 Å². The van der Waals surface area contributed by atoms with Gasteiger partial charge in [-0.15, -0.1) is 10.2 Å². The lowest BCUT2D eigenvalue weighted by Crippen LogP contribution is -2.44. The van der Waals surface area contributed by atoms with Crippen molar-refractivity contribution in [1.29, 1.82) is 0 Å². The highest BCUT2D eigenvalue weighted by Gasteiger charge is 2.40. The molecular weight excluding hydrogens is 453 g/mol. The third-order valence-corrected chi connectivity index (χ3v) is 9.62. The molecule has 9 heteroatoms. The van der Waals surface area contributed by atoms with Gasteiger partial charge >= 0.3 is 0 Å². The molecule has 0 amide bonds. The topological polar surface area (TPSA) is 71.3 Å². The summed E-state index contributed by atoms with van der Waals surface area (Å²) in [6.45, 7) is 3.59. The van der Waals surface area contributed by atoms with Crippen molar-refractivity contribution in [2.75, 3.05) is 18.0 Å². The minimum atomic E-state index is -3.60. The van der Waals surface area contributed by atoms with E-state index in [4.69, 9.17) is 0 Å². The molecule has 2 atom stereocenters.